The number of hydrogen-bond donors (Lipinski definition) is 1. The molecule has 0 aliphatic carbocycles. The normalized spacial score (nSPS) is 19.4. The Balaban J connectivity index is 3.04. The van der Waals surface area contributed by atoms with Crippen molar-refractivity contribution in [1.29, 1.82) is 0 Å². The lowest BCUT2D eigenvalue weighted by Gasteiger charge is -2.36. The number of rotatable bonds is 5. The Morgan fingerprint density at radius 3 is 2.14 bits per heavy atom. The van der Waals surface area contributed by atoms with Crippen molar-refractivity contribution < 1.29 is 14.3 Å². The number of esters is 1. The summed E-state index contributed by atoms with van der Waals surface area (Å²) in [6.07, 6.45) is 0.761. The molecule has 1 rings (SSSR count). The Labute approximate surface area is 136 Å². The fraction of sp³-hybridized carbons (Fsp3) is 0.867. The Kier molecular flexibility index (Phi) is 6.47. The molecule has 1 amide bonds. The van der Waals surface area contributed by atoms with Crippen molar-refractivity contribution in [2.45, 2.75) is 51.2 Å². The molecule has 1 N–H and O–H groups in total. The van der Waals surface area contributed by atoms with Crippen LogP contribution >= 0.6 is 23.5 Å². The van der Waals surface area contributed by atoms with Crippen LogP contribution in [-0.4, -0.2) is 40.6 Å². The molecule has 0 spiro atoms. The van der Waals surface area contributed by atoms with E-state index in [0.717, 1.165) is 17.9 Å². The standard InChI is InChI=1S/C15H27NO3S2/c1-10(2)9-11(16-12(17)14(3,4)5)15(13(18)19-6)20-7-8-21-15/h10-11H,7-9H2,1-6H3,(H,16,17). The molecule has 0 radical (unpaired) electrons. The average Bonchev–Trinajstić information content (AvgIpc) is 2.85. The average molecular weight is 334 g/mol. The molecule has 6 heteroatoms. The molecule has 0 saturated carbocycles. The van der Waals surface area contributed by atoms with Crippen LogP contribution in [0.1, 0.15) is 41.0 Å². The molecule has 0 aromatic carbocycles. The van der Waals surface area contributed by atoms with Crippen LogP contribution in [0.5, 0.6) is 0 Å². The van der Waals surface area contributed by atoms with E-state index in [9.17, 15) is 9.59 Å². The molecule has 1 atom stereocenters. The lowest BCUT2D eigenvalue weighted by molar-refractivity contribution is -0.142. The summed E-state index contributed by atoms with van der Waals surface area (Å²) in [6.45, 7) is 9.86. The second kappa shape index (κ2) is 7.27. The van der Waals surface area contributed by atoms with E-state index in [4.69, 9.17) is 4.74 Å². The van der Waals surface area contributed by atoms with Gasteiger partial charge in [0.05, 0.1) is 13.2 Å². The highest BCUT2D eigenvalue weighted by atomic mass is 32.2. The van der Waals surface area contributed by atoms with Gasteiger partial charge in [0.2, 0.25) is 5.91 Å². The SMILES string of the molecule is COC(=O)C1(C(CC(C)C)NC(=O)C(C)(C)C)SCCS1. The lowest BCUT2D eigenvalue weighted by atomic mass is 9.93. The van der Waals surface area contributed by atoms with E-state index < -0.39 is 9.49 Å². The molecule has 1 aliphatic heterocycles. The molecule has 4 nitrogen and oxygen atoms in total. The summed E-state index contributed by atoms with van der Waals surface area (Å²) in [7, 11) is 1.42. The van der Waals surface area contributed by atoms with Gasteiger partial charge < -0.3 is 10.1 Å². The van der Waals surface area contributed by atoms with Crippen LogP contribution in [0.15, 0.2) is 0 Å². The monoisotopic (exact) mass is 333 g/mol. The number of thioether (sulfide) groups is 2. The Hall–Kier alpha value is -0.360. The van der Waals surface area contributed by atoms with Gasteiger partial charge in [0.15, 0.2) is 4.08 Å². The summed E-state index contributed by atoms with van der Waals surface area (Å²) in [4.78, 5) is 24.8. The number of ether oxygens (including phenoxy) is 1. The van der Waals surface area contributed by atoms with Gasteiger partial charge in [-0.05, 0) is 12.3 Å². The first-order valence-corrected chi connectivity index (χ1v) is 9.28. The Morgan fingerprint density at radius 1 is 1.24 bits per heavy atom. The zero-order valence-electron chi connectivity index (χ0n) is 13.8. The summed E-state index contributed by atoms with van der Waals surface area (Å²) in [6, 6.07) is -0.214. The van der Waals surface area contributed by atoms with Crippen molar-refractivity contribution in [3.8, 4) is 0 Å². The second-order valence-electron chi connectivity index (χ2n) is 6.76. The molecule has 1 saturated heterocycles. The van der Waals surface area contributed by atoms with E-state index in [2.05, 4.69) is 19.2 Å². The molecular weight excluding hydrogens is 306 g/mol. The molecule has 21 heavy (non-hydrogen) atoms. The van der Waals surface area contributed by atoms with Gasteiger partial charge >= 0.3 is 5.97 Å². The van der Waals surface area contributed by atoms with Crippen molar-refractivity contribution in [3.05, 3.63) is 0 Å². The number of amides is 1. The highest BCUT2D eigenvalue weighted by Gasteiger charge is 2.51. The molecule has 122 valence electrons. The van der Waals surface area contributed by atoms with Gasteiger partial charge in [-0.2, -0.15) is 0 Å². The first kappa shape index (κ1) is 18.7. The third kappa shape index (κ3) is 4.55. The summed E-state index contributed by atoms with van der Waals surface area (Å²) >= 11 is 3.20. The third-order valence-corrected chi connectivity index (χ3v) is 6.88. The van der Waals surface area contributed by atoms with Crippen LogP contribution in [0.2, 0.25) is 0 Å². The van der Waals surface area contributed by atoms with E-state index >= 15 is 0 Å². The predicted molar refractivity (Wildman–Crippen MR) is 90.5 cm³/mol. The number of carbonyl (C=O) groups is 2. The van der Waals surface area contributed by atoms with Crippen LogP contribution in [0.25, 0.3) is 0 Å². The van der Waals surface area contributed by atoms with Gasteiger partial charge in [-0.25, -0.2) is 4.79 Å². The predicted octanol–water partition coefficient (Wildman–Crippen LogP) is 2.91. The maximum absolute atomic E-state index is 12.4. The summed E-state index contributed by atoms with van der Waals surface area (Å²) in [5.41, 5.74) is -0.472. The highest BCUT2D eigenvalue weighted by molar-refractivity contribution is 8.22. The highest BCUT2D eigenvalue weighted by Crippen LogP contribution is 2.48. The Morgan fingerprint density at radius 2 is 1.76 bits per heavy atom. The maximum atomic E-state index is 12.4. The summed E-state index contributed by atoms with van der Waals surface area (Å²) < 4.78 is 4.33. The van der Waals surface area contributed by atoms with Gasteiger partial charge in [0.1, 0.15) is 0 Å². The quantitative estimate of drug-likeness (QED) is 0.784. The van der Waals surface area contributed by atoms with Crippen molar-refractivity contribution in [3.63, 3.8) is 0 Å². The van der Waals surface area contributed by atoms with Crippen LogP contribution < -0.4 is 5.32 Å². The molecule has 0 aromatic heterocycles. The van der Waals surface area contributed by atoms with Gasteiger partial charge in [-0.15, -0.1) is 23.5 Å². The molecule has 0 aromatic rings. The summed E-state index contributed by atoms with van der Waals surface area (Å²) in [5.74, 6) is 1.93. The van der Waals surface area contributed by atoms with Gasteiger partial charge in [-0.3, -0.25) is 4.79 Å². The topological polar surface area (TPSA) is 55.4 Å². The lowest BCUT2D eigenvalue weighted by Crippen LogP contribution is -2.55. The van der Waals surface area contributed by atoms with Crippen LogP contribution in [0.4, 0.5) is 0 Å². The number of carbonyl (C=O) groups excluding carboxylic acids is 2. The van der Waals surface area contributed by atoms with Gasteiger partial charge in [-0.1, -0.05) is 34.6 Å². The largest absolute Gasteiger partial charge is 0.467 e. The van der Waals surface area contributed by atoms with Crippen LogP contribution in [0, 0.1) is 11.3 Å². The second-order valence-corrected chi connectivity index (χ2v) is 9.70. The minimum atomic E-state index is -0.708. The fourth-order valence-electron chi connectivity index (χ4n) is 2.19. The minimum absolute atomic E-state index is 0.0236. The van der Waals surface area contributed by atoms with Crippen LogP contribution in [-0.2, 0) is 14.3 Å². The molecule has 1 unspecified atom stereocenters. The van der Waals surface area contributed by atoms with E-state index in [0.29, 0.717) is 5.92 Å². The molecule has 1 aliphatic rings. The van der Waals surface area contributed by atoms with E-state index in [-0.39, 0.29) is 17.9 Å². The molecule has 1 heterocycles. The van der Waals surface area contributed by atoms with Crippen LogP contribution in [0.3, 0.4) is 0 Å². The third-order valence-electron chi connectivity index (χ3n) is 3.34. The van der Waals surface area contributed by atoms with E-state index in [1.54, 1.807) is 23.5 Å². The number of methoxy groups -OCH3 is 1. The smallest absolute Gasteiger partial charge is 0.334 e. The van der Waals surface area contributed by atoms with E-state index in [1.807, 2.05) is 20.8 Å². The number of nitrogens with one attached hydrogen (secondary N) is 1. The van der Waals surface area contributed by atoms with Gasteiger partial charge in [0, 0.05) is 16.9 Å². The maximum Gasteiger partial charge on any atom is 0.334 e. The minimum Gasteiger partial charge on any atom is -0.467 e. The molecular formula is C15H27NO3S2. The molecule has 0 bridgehead atoms. The zero-order chi connectivity index (χ0) is 16.3. The number of hydrogen-bond acceptors (Lipinski definition) is 5. The van der Waals surface area contributed by atoms with Crippen molar-refractivity contribution in [1.82, 2.24) is 5.32 Å². The van der Waals surface area contributed by atoms with Crippen molar-refractivity contribution in [2.24, 2.45) is 11.3 Å². The van der Waals surface area contributed by atoms with E-state index in [1.165, 1.54) is 7.11 Å². The zero-order valence-corrected chi connectivity index (χ0v) is 15.5. The Bertz CT molecular complexity index is 385. The fourth-order valence-corrected chi connectivity index (χ4v) is 5.41. The van der Waals surface area contributed by atoms with Crippen molar-refractivity contribution in [2.75, 3.05) is 18.6 Å². The van der Waals surface area contributed by atoms with Gasteiger partial charge in [0.25, 0.3) is 0 Å². The summed E-state index contributed by atoms with van der Waals surface area (Å²) in [5, 5.41) is 3.10. The first-order chi connectivity index (χ1) is 9.63. The first-order valence-electron chi connectivity index (χ1n) is 7.30. The van der Waals surface area contributed by atoms with Crippen molar-refractivity contribution >= 4 is 35.4 Å². The molecule has 1 fully saturated rings.